The first-order valence-corrected chi connectivity index (χ1v) is 8.22. The molecule has 4 N–H and O–H groups in total. The van der Waals surface area contributed by atoms with E-state index >= 15 is 0 Å². The number of aromatic nitrogens is 4. The van der Waals surface area contributed by atoms with Gasteiger partial charge in [-0.1, -0.05) is 30.3 Å². The van der Waals surface area contributed by atoms with Gasteiger partial charge in [0, 0.05) is 0 Å². The molecule has 0 radical (unpaired) electrons. The van der Waals surface area contributed by atoms with Crippen molar-refractivity contribution in [3.05, 3.63) is 48.5 Å². The molecule has 3 heterocycles. The zero-order valence-corrected chi connectivity index (χ0v) is 13.8. The van der Waals surface area contributed by atoms with Crippen molar-refractivity contribution in [3.8, 4) is 0 Å². The first kappa shape index (κ1) is 16.9. The third kappa shape index (κ3) is 2.90. The quantitative estimate of drug-likeness (QED) is 0.592. The van der Waals surface area contributed by atoms with Crippen LogP contribution in [0.3, 0.4) is 0 Å². The van der Waals surface area contributed by atoms with Gasteiger partial charge < -0.3 is 25.4 Å². The summed E-state index contributed by atoms with van der Waals surface area (Å²) in [6, 6.07) is 9.61. The van der Waals surface area contributed by atoms with Crippen LogP contribution < -0.4 is 5.73 Å². The van der Waals surface area contributed by atoms with Crippen molar-refractivity contribution >= 4 is 17.0 Å². The minimum absolute atomic E-state index is 0.257. The molecule has 4 atom stereocenters. The van der Waals surface area contributed by atoms with E-state index in [1.54, 1.807) is 4.57 Å². The van der Waals surface area contributed by atoms with Crippen LogP contribution in [0.1, 0.15) is 11.8 Å². The largest absolute Gasteiger partial charge is 0.394 e. The van der Waals surface area contributed by atoms with Gasteiger partial charge in [-0.3, -0.25) is 4.57 Å². The molecule has 0 bridgehead atoms. The number of nitrogens with two attached hydrogens (primary N) is 1. The summed E-state index contributed by atoms with van der Waals surface area (Å²) in [7, 11) is 0. The highest BCUT2D eigenvalue weighted by Gasteiger charge is 2.45. The molecule has 9 heteroatoms. The second-order valence-electron chi connectivity index (χ2n) is 6.08. The Morgan fingerprint density at radius 2 is 2.00 bits per heavy atom. The van der Waals surface area contributed by atoms with Crippen LogP contribution in [0.25, 0.3) is 11.2 Å². The first-order chi connectivity index (χ1) is 12.7. The number of hydrogen-bond acceptors (Lipinski definition) is 8. The van der Waals surface area contributed by atoms with Gasteiger partial charge >= 0.3 is 0 Å². The monoisotopic (exact) mass is 357 g/mol. The van der Waals surface area contributed by atoms with Crippen LogP contribution in [0.4, 0.5) is 5.82 Å². The van der Waals surface area contributed by atoms with E-state index in [0.717, 1.165) is 5.56 Å². The van der Waals surface area contributed by atoms with Crippen LogP contribution in [0.15, 0.2) is 43.0 Å². The molecule has 1 aliphatic rings. The van der Waals surface area contributed by atoms with Crippen molar-refractivity contribution in [2.75, 3.05) is 12.3 Å². The van der Waals surface area contributed by atoms with Gasteiger partial charge in [-0.25, -0.2) is 15.0 Å². The molecule has 2 aromatic heterocycles. The maximum Gasteiger partial charge on any atom is 0.167 e. The zero-order valence-electron chi connectivity index (χ0n) is 13.8. The predicted molar refractivity (Wildman–Crippen MR) is 91.8 cm³/mol. The fourth-order valence-electron chi connectivity index (χ4n) is 3.10. The first-order valence-electron chi connectivity index (χ1n) is 8.22. The average molecular weight is 357 g/mol. The number of fused-ring (bicyclic) bond motifs is 1. The summed E-state index contributed by atoms with van der Waals surface area (Å²) in [5, 5.41) is 20.0. The van der Waals surface area contributed by atoms with Gasteiger partial charge in [0.1, 0.15) is 30.2 Å². The minimum Gasteiger partial charge on any atom is -0.394 e. The number of hydrogen-bond donors (Lipinski definition) is 3. The van der Waals surface area contributed by atoms with E-state index in [-0.39, 0.29) is 12.4 Å². The van der Waals surface area contributed by atoms with Crippen LogP contribution in [-0.2, 0) is 16.1 Å². The molecule has 0 aliphatic carbocycles. The number of rotatable bonds is 5. The number of aliphatic hydroxyl groups excluding tert-OH is 2. The van der Waals surface area contributed by atoms with E-state index in [1.807, 2.05) is 30.3 Å². The van der Waals surface area contributed by atoms with E-state index in [0.29, 0.717) is 17.8 Å². The summed E-state index contributed by atoms with van der Waals surface area (Å²) in [6.07, 6.45) is -0.315. The molecule has 4 rings (SSSR count). The molecular formula is C17H19N5O4. The van der Waals surface area contributed by atoms with Crippen LogP contribution in [0.2, 0.25) is 0 Å². The lowest BCUT2D eigenvalue weighted by Crippen LogP contribution is -2.35. The number of anilines is 1. The lowest BCUT2D eigenvalue weighted by atomic mass is 10.1. The number of benzene rings is 1. The molecule has 0 saturated carbocycles. The Bertz CT molecular complexity index is 887. The Labute approximate surface area is 149 Å². The SMILES string of the molecule is Nc1ncnc2c1ncn2[C@@H]1O[C@H](CO)[C@@H](O)[C@H]1OCc1ccccc1. The average Bonchev–Trinajstić information content (AvgIpc) is 3.23. The maximum absolute atomic E-state index is 10.5. The summed E-state index contributed by atoms with van der Waals surface area (Å²) in [4.78, 5) is 12.3. The summed E-state index contributed by atoms with van der Waals surface area (Å²) >= 11 is 0. The van der Waals surface area contributed by atoms with E-state index in [1.165, 1.54) is 12.7 Å². The van der Waals surface area contributed by atoms with Crippen molar-refractivity contribution < 1.29 is 19.7 Å². The van der Waals surface area contributed by atoms with E-state index in [2.05, 4.69) is 15.0 Å². The van der Waals surface area contributed by atoms with E-state index in [9.17, 15) is 10.2 Å². The fourth-order valence-corrected chi connectivity index (χ4v) is 3.10. The molecule has 1 aromatic carbocycles. The molecule has 1 fully saturated rings. The highest BCUT2D eigenvalue weighted by molar-refractivity contribution is 5.81. The molecule has 3 aromatic rings. The van der Waals surface area contributed by atoms with Crippen LogP contribution in [-0.4, -0.2) is 54.7 Å². The third-order valence-corrected chi connectivity index (χ3v) is 4.44. The Hall–Kier alpha value is -2.59. The minimum atomic E-state index is -0.995. The van der Waals surface area contributed by atoms with Crippen molar-refractivity contribution in [3.63, 3.8) is 0 Å². The second-order valence-corrected chi connectivity index (χ2v) is 6.08. The summed E-state index contributed by atoms with van der Waals surface area (Å²) in [5.74, 6) is 0.257. The molecular weight excluding hydrogens is 338 g/mol. The smallest absolute Gasteiger partial charge is 0.167 e. The molecule has 0 unspecified atom stereocenters. The van der Waals surface area contributed by atoms with Crippen molar-refractivity contribution in [2.45, 2.75) is 31.1 Å². The standard InChI is InChI=1S/C17H19N5O4/c18-15-12-16(20-8-19-15)22(9-21-12)17-14(13(24)11(6-23)26-17)25-7-10-4-2-1-3-5-10/h1-5,8-9,11,13-14,17,23-24H,6-7H2,(H2,18,19,20)/t11-,13-,14-,17-/m1/s1. The second kappa shape index (κ2) is 6.96. The number of ether oxygens (including phenoxy) is 2. The van der Waals surface area contributed by atoms with Crippen LogP contribution in [0, 0.1) is 0 Å². The molecule has 0 amide bonds. The molecule has 26 heavy (non-hydrogen) atoms. The molecule has 9 nitrogen and oxygen atoms in total. The Balaban J connectivity index is 1.64. The molecule has 0 spiro atoms. The van der Waals surface area contributed by atoms with Crippen LogP contribution in [0.5, 0.6) is 0 Å². The third-order valence-electron chi connectivity index (χ3n) is 4.44. The van der Waals surface area contributed by atoms with Crippen molar-refractivity contribution in [1.29, 1.82) is 0 Å². The van der Waals surface area contributed by atoms with Gasteiger partial charge in [0.15, 0.2) is 17.7 Å². The van der Waals surface area contributed by atoms with E-state index < -0.39 is 24.5 Å². The van der Waals surface area contributed by atoms with Gasteiger partial charge in [0.25, 0.3) is 0 Å². The molecule has 1 aliphatic heterocycles. The summed E-state index contributed by atoms with van der Waals surface area (Å²) in [6.45, 7) is -0.0308. The summed E-state index contributed by atoms with van der Waals surface area (Å²) in [5.41, 5.74) is 7.71. The van der Waals surface area contributed by atoms with Crippen molar-refractivity contribution in [2.24, 2.45) is 0 Å². The topological polar surface area (TPSA) is 129 Å². The Kier molecular flexibility index (Phi) is 4.51. The zero-order chi connectivity index (χ0) is 18.1. The lowest BCUT2D eigenvalue weighted by Gasteiger charge is -2.22. The number of aliphatic hydroxyl groups is 2. The maximum atomic E-state index is 10.5. The van der Waals surface area contributed by atoms with E-state index in [4.69, 9.17) is 15.2 Å². The van der Waals surface area contributed by atoms with Gasteiger partial charge in [0.05, 0.1) is 19.5 Å². The molecule has 136 valence electrons. The predicted octanol–water partition coefficient (Wildman–Crippen LogP) is 0.244. The number of imidazole rings is 1. The normalized spacial score (nSPS) is 25.8. The van der Waals surface area contributed by atoms with Gasteiger partial charge in [-0.15, -0.1) is 0 Å². The highest BCUT2D eigenvalue weighted by atomic mass is 16.6. The number of nitrogen functional groups attached to an aromatic ring is 1. The number of nitrogens with zero attached hydrogens (tertiary/aromatic N) is 4. The molecule has 1 saturated heterocycles. The summed E-state index contributed by atoms with van der Waals surface area (Å²) < 4.78 is 13.4. The van der Waals surface area contributed by atoms with Gasteiger partial charge in [-0.05, 0) is 5.56 Å². The van der Waals surface area contributed by atoms with Crippen LogP contribution >= 0.6 is 0 Å². The van der Waals surface area contributed by atoms with Crippen molar-refractivity contribution in [1.82, 2.24) is 19.5 Å². The lowest BCUT2D eigenvalue weighted by molar-refractivity contribution is -0.0761. The van der Waals surface area contributed by atoms with Gasteiger partial charge in [0.2, 0.25) is 0 Å². The fraction of sp³-hybridized carbons (Fsp3) is 0.353. The highest BCUT2D eigenvalue weighted by Crippen LogP contribution is 2.34. The van der Waals surface area contributed by atoms with Gasteiger partial charge in [-0.2, -0.15) is 0 Å². The Morgan fingerprint density at radius 1 is 1.19 bits per heavy atom. The Morgan fingerprint density at radius 3 is 2.77 bits per heavy atom.